The minimum atomic E-state index is -1.62. The van der Waals surface area contributed by atoms with Crippen LogP contribution in [0.1, 0.15) is 64.4 Å². The van der Waals surface area contributed by atoms with Gasteiger partial charge in [0.05, 0.1) is 41.6 Å². The first-order valence-corrected chi connectivity index (χ1v) is 16.7. The Bertz CT molecular complexity index is 2170. The largest absolute Gasteiger partial charge is 0.458 e. The summed E-state index contributed by atoms with van der Waals surface area (Å²) in [5.41, 5.74) is 4.70. The zero-order valence-electron chi connectivity index (χ0n) is 28.0. The molecule has 13 nitrogen and oxygen atoms in total. The van der Waals surface area contributed by atoms with Crippen LogP contribution in [-0.4, -0.2) is 58.2 Å². The van der Waals surface area contributed by atoms with Crippen LogP contribution >= 0.6 is 0 Å². The molecule has 0 spiro atoms. The summed E-state index contributed by atoms with van der Waals surface area (Å²) in [6, 6.07) is 11.9. The van der Waals surface area contributed by atoms with Gasteiger partial charge in [-0.25, -0.2) is 14.2 Å². The molecule has 1 aliphatic carbocycles. The molecule has 0 unspecified atom stereocenters. The van der Waals surface area contributed by atoms with E-state index in [9.17, 15) is 29.1 Å². The molecule has 0 saturated carbocycles. The Morgan fingerprint density at radius 1 is 1.10 bits per heavy atom. The van der Waals surface area contributed by atoms with Crippen LogP contribution in [0.15, 0.2) is 47.3 Å². The van der Waals surface area contributed by atoms with E-state index in [2.05, 4.69) is 16.0 Å². The minimum absolute atomic E-state index is 0.117. The summed E-state index contributed by atoms with van der Waals surface area (Å²) >= 11 is 0. The van der Waals surface area contributed by atoms with Crippen LogP contribution < -0.4 is 21.5 Å². The van der Waals surface area contributed by atoms with Crippen molar-refractivity contribution in [1.29, 1.82) is 0 Å². The highest BCUT2D eigenvalue weighted by Crippen LogP contribution is 2.45. The maximum atomic E-state index is 15.1. The van der Waals surface area contributed by atoms with Crippen molar-refractivity contribution in [3.8, 4) is 11.4 Å². The Morgan fingerprint density at radius 3 is 2.67 bits per heavy atom. The topological polar surface area (TPSA) is 178 Å². The molecule has 3 aliphatic rings. The highest BCUT2D eigenvalue weighted by atomic mass is 19.1. The Hall–Kier alpha value is -5.47. The van der Waals surface area contributed by atoms with Crippen LogP contribution in [0.4, 0.5) is 4.39 Å². The first-order valence-electron chi connectivity index (χ1n) is 16.7. The van der Waals surface area contributed by atoms with E-state index in [1.165, 1.54) is 10.6 Å². The fraction of sp³-hybridized carbons (Fsp3) is 0.351. The zero-order valence-corrected chi connectivity index (χ0v) is 28.0. The number of ether oxygens (including phenoxy) is 2. The molecule has 14 heteroatoms. The van der Waals surface area contributed by atoms with Crippen LogP contribution in [0.25, 0.3) is 22.3 Å². The quantitative estimate of drug-likeness (QED) is 0.0968. The van der Waals surface area contributed by atoms with Gasteiger partial charge in [-0.3, -0.25) is 19.2 Å². The van der Waals surface area contributed by atoms with Crippen molar-refractivity contribution in [1.82, 2.24) is 25.5 Å². The van der Waals surface area contributed by atoms with Gasteiger partial charge in [-0.1, -0.05) is 37.3 Å². The summed E-state index contributed by atoms with van der Waals surface area (Å²) in [5, 5.41) is 19.4. The summed E-state index contributed by atoms with van der Waals surface area (Å²) in [6.07, 6.45) is -0.168. The number of carbonyl (C=O) groups excluding carboxylic acids is 4. The molecule has 2 aliphatic heterocycles. The van der Waals surface area contributed by atoms with Gasteiger partial charge in [-0.15, -0.1) is 0 Å². The average Bonchev–Trinajstić information content (AvgIpc) is 3.49. The van der Waals surface area contributed by atoms with Crippen molar-refractivity contribution < 1.29 is 38.1 Å². The summed E-state index contributed by atoms with van der Waals surface area (Å²) in [6.45, 7) is 2.46. The first kappa shape index (κ1) is 34.0. The first-order chi connectivity index (χ1) is 24.5. The van der Waals surface area contributed by atoms with E-state index < -0.39 is 41.3 Å². The summed E-state index contributed by atoms with van der Waals surface area (Å²) in [5.74, 6) is -2.79. The van der Waals surface area contributed by atoms with Gasteiger partial charge in [0.2, 0.25) is 17.7 Å². The van der Waals surface area contributed by atoms with Gasteiger partial charge < -0.3 is 35.1 Å². The number of cyclic esters (lactones) is 1. The molecule has 4 heterocycles. The number of hydrogen-bond acceptors (Lipinski definition) is 9. The molecular weight excluding hydrogens is 661 g/mol. The molecule has 3 amide bonds. The monoisotopic (exact) mass is 697 g/mol. The lowest BCUT2D eigenvalue weighted by molar-refractivity contribution is -0.157. The number of pyridine rings is 2. The number of esters is 1. The molecule has 2 aromatic carbocycles. The zero-order chi connectivity index (χ0) is 36.0. The predicted octanol–water partition coefficient (Wildman–Crippen LogP) is 2.15. The normalized spacial score (nSPS) is 17.5. The Labute approximate surface area is 291 Å². The van der Waals surface area contributed by atoms with E-state index in [1.54, 1.807) is 19.9 Å². The van der Waals surface area contributed by atoms with Gasteiger partial charge in [-0.05, 0) is 54.5 Å². The Kier molecular flexibility index (Phi) is 9.12. The van der Waals surface area contributed by atoms with Gasteiger partial charge in [0.1, 0.15) is 25.8 Å². The number of rotatable bonds is 10. The second-order valence-electron chi connectivity index (χ2n) is 13.1. The summed E-state index contributed by atoms with van der Waals surface area (Å²) in [4.78, 5) is 68.3. The van der Waals surface area contributed by atoms with E-state index in [0.29, 0.717) is 58.2 Å². The van der Waals surface area contributed by atoms with Crippen LogP contribution in [-0.2, 0) is 54.6 Å². The van der Waals surface area contributed by atoms with Crippen molar-refractivity contribution in [2.45, 2.75) is 58.4 Å². The predicted molar refractivity (Wildman–Crippen MR) is 180 cm³/mol. The summed E-state index contributed by atoms with van der Waals surface area (Å²) in [7, 11) is 0. The molecule has 0 saturated heterocycles. The number of hydrogen-bond donors (Lipinski definition) is 4. The van der Waals surface area contributed by atoms with Gasteiger partial charge in [0.15, 0.2) is 6.10 Å². The number of aromatic nitrogens is 2. The smallest absolute Gasteiger partial charge is 0.340 e. The Balaban J connectivity index is 1.03. The van der Waals surface area contributed by atoms with E-state index >= 15 is 4.39 Å². The van der Waals surface area contributed by atoms with Crippen molar-refractivity contribution in [3.63, 3.8) is 0 Å². The number of fused-ring (bicyclic) bond motifs is 5. The van der Waals surface area contributed by atoms with Gasteiger partial charge >= 0.3 is 5.97 Å². The van der Waals surface area contributed by atoms with Crippen molar-refractivity contribution >= 4 is 34.6 Å². The van der Waals surface area contributed by atoms with Gasteiger partial charge in [-0.2, -0.15) is 0 Å². The summed E-state index contributed by atoms with van der Waals surface area (Å²) < 4.78 is 27.0. The second-order valence-corrected chi connectivity index (χ2v) is 13.1. The number of nitrogens with one attached hydrogen (secondary N) is 3. The molecule has 0 bridgehead atoms. The number of amides is 3. The molecule has 2 aromatic heterocycles. The third-order valence-corrected chi connectivity index (χ3v) is 9.84. The maximum absolute atomic E-state index is 15.1. The highest BCUT2D eigenvalue weighted by molar-refractivity contribution is 5.94. The molecule has 51 heavy (non-hydrogen) atoms. The number of aryl methyl sites for hydroxylation is 1. The lowest BCUT2D eigenvalue weighted by Gasteiger charge is -2.29. The van der Waals surface area contributed by atoms with Crippen molar-refractivity contribution in [3.05, 3.63) is 97.6 Å². The van der Waals surface area contributed by atoms with Crippen molar-refractivity contribution in [2.24, 2.45) is 5.92 Å². The molecular formula is C37H36FN5O8. The number of aliphatic hydroxyl groups excluding tert-OH is 1. The molecule has 4 N–H and O–H groups in total. The standard InChI is InChI=1S/C37H36FN5O8/c1-18(10-20-6-4-3-5-7-20)35(47)39-13-29(44)40-17-50-16-30(45)41-26-9-8-21-19(2)25(38)12-27-31(21)32(26)23-14-43-28(33(23)42-27)11-22-24(36(43)48)15-51-37(49)34(22)46/h3-7,11-12,18,26,34,46H,8-10,13-17H2,1-2H3,(H,39,47)(H,40,44)(H,41,45)/t18-,26-,34-/m0/s1. The fourth-order valence-corrected chi connectivity index (χ4v) is 7.22. The van der Waals surface area contributed by atoms with Gasteiger partial charge in [0.25, 0.3) is 5.56 Å². The van der Waals surface area contributed by atoms with Crippen LogP contribution in [0, 0.1) is 18.7 Å². The molecule has 4 aromatic rings. The lowest BCUT2D eigenvalue weighted by Crippen LogP contribution is -2.41. The molecule has 3 atom stereocenters. The lowest BCUT2D eigenvalue weighted by atomic mass is 9.81. The number of nitrogens with zero attached hydrogens (tertiary/aromatic N) is 2. The van der Waals surface area contributed by atoms with Crippen LogP contribution in [0.2, 0.25) is 0 Å². The number of aliphatic hydroxyl groups is 1. The number of carbonyl (C=O) groups is 4. The second kappa shape index (κ2) is 13.7. The molecule has 0 fully saturated rings. The number of halogens is 1. The maximum Gasteiger partial charge on any atom is 0.340 e. The third kappa shape index (κ3) is 6.36. The number of benzene rings is 2. The van der Waals surface area contributed by atoms with E-state index in [1.807, 2.05) is 30.3 Å². The van der Waals surface area contributed by atoms with E-state index in [4.69, 9.17) is 14.5 Å². The minimum Gasteiger partial charge on any atom is -0.458 e. The fourth-order valence-electron chi connectivity index (χ4n) is 7.22. The van der Waals surface area contributed by atoms with Crippen molar-refractivity contribution in [2.75, 3.05) is 19.9 Å². The van der Waals surface area contributed by atoms with E-state index in [0.717, 1.165) is 11.1 Å². The average molecular weight is 698 g/mol. The van der Waals surface area contributed by atoms with E-state index in [-0.39, 0.29) is 56.0 Å². The van der Waals surface area contributed by atoms with Crippen LogP contribution in [0.5, 0.6) is 0 Å². The Morgan fingerprint density at radius 2 is 1.88 bits per heavy atom. The third-order valence-electron chi connectivity index (χ3n) is 9.84. The highest BCUT2D eigenvalue weighted by Gasteiger charge is 2.37. The van der Waals surface area contributed by atoms with Gasteiger partial charge in [0, 0.05) is 28.5 Å². The molecule has 264 valence electrons. The van der Waals surface area contributed by atoms with Crippen LogP contribution in [0.3, 0.4) is 0 Å². The molecule has 7 rings (SSSR count). The molecule has 0 radical (unpaired) electrons. The SMILES string of the molecule is Cc1c(F)cc2nc3c(c4c2c1CC[C@@H]4NC(=O)COCNC(=O)CNC(=O)[C@@H](C)Cc1ccccc1)Cn1c-3cc2c(c1=O)COC(=O)[C@H]2O.